The molecule has 0 aliphatic rings. The van der Waals surface area contributed by atoms with Gasteiger partial charge in [-0.3, -0.25) is 4.98 Å². The van der Waals surface area contributed by atoms with E-state index in [4.69, 9.17) is 15.0 Å². The number of benzene rings is 5. The van der Waals surface area contributed by atoms with Gasteiger partial charge in [0.15, 0.2) is 0 Å². The molecule has 10 rings (SSSR count). The average molecular weight is 639 g/mol. The van der Waals surface area contributed by atoms with Gasteiger partial charge in [-0.25, -0.2) is 24.9 Å². The first kappa shape index (κ1) is 28.1. The standard InChI is InChI=1S/C44H26N6/c1-2-28-4-5-29-12-15-39(50-44(29)43(28)46-20-1)35-10-8-30-22-34(9-7-31(30)23-35)38-17-14-36-24-32(13-16-37(36)48-38)33-6-3-27-11-18-41(49-42(27)25-33)40-19-21-45-26-47-40/h1-26H. The van der Waals surface area contributed by atoms with Crippen LogP contribution < -0.4 is 0 Å². The van der Waals surface area contributed by atoms with Crippen molar-refractivity contribution in [2.75, 3.05) is 0 Å². The van der Waals surface area contributed by atoms with Crippen LogP contribution in [0.4, 0.5) is 0 Å². The van der Waals surface area contributed by atoms with Gasteiger partial charge >= 0.3 is 0 Å². The zero-order valence-electron chi connectivity index (χ0n) is 26.7. The van der Waals surface area contributed by atoms with E-state index in [1.54, 1.807) is 12.5 Å². The molecule has 0 unspecified atom stereocenters. The number of hydrogen-bond donors (Lipinski definition) is 0. The van der Waals surface area contributed by atoms with Crippen molar-refractivity contribution in [3.05, 3.63) is 158 Å². The maximum Gasteiger partial charge on any atom is 0.116 e. The number of aromatic nitrogens is 6. The van der Waals surface area contributed by atoms with Gasteiger partial charge in [-0.15, -0.1) is 0 Å². The highest BCUT2D eigenvalue weighted by Gasteiger charge is 2.10. The number of rotatable bonds is 4. The average Bonchev–Trinajstić information content (AvgIpc) is 3.19. The number of hydrogen-bond acceptors (Lipinski definition) is 6. The van der Waals surface area contributed by atoms with E-state index >= 15 is 0 Å². The van der Waals surface area contributed by atoms with Crippen molar-refractivity contribution in [2.24, 2.45) is 0 Å². The SMILES string of the molecule is c1cnc2c(c1)ccc1ccc(-c3ccc4cc(-c5ccc6cc(-c7ccc8ccc(-c9ccncn9)nc8c7)ccc6n5)ccc4c3)nc12. The molecule has 0 saturated heterocycles. The zero-order valence-corrected chi connectivity index (χ0v) is 26.7. The molecule has 0 radical (unpaired) electrons. The van der Waals surface area contributed by atoms with Gasteiger partial charge in [0.1, 0.15) is 6.33 Å². The smallest absolute Gasteiger partial charge is 0.116 e. The van der Waals surface area contributed by atoms with E-state index in [1.807, 2.05) is 24.4 Å². The van der Waals surface area contributed by atoms with Gasteiger partial charge < -0.3 is 0 Å². The van der Waals surface area contributed by atoms with Crippen LogP contribution in [0, 0.1) is 0 Å². The molecule has 0 aliphatic carbocycles. The first-order chi connectivity index (χ1) is 24.7. The Morgan fingerprint density at radius 2 is 0.920 bits per heavy atom. The second-order valence-corrected chi connectivity index (χ2v) is 12.5. The van der Waals surface area contributed by atoms with Gasteiger partial charge in [0.25, 0.3) is 0 Å². The Balaban J connectivity index is 0.950. The number of pyridine rings is 4. The predicted octanol–water partition coefficient (Wildman–Crippen LogP) is 10.5. The molecule has 5 aromatic heterocycles. The zero-order chi connectivity index (χ0) is 33.0. The monoisotopic (exact) mass is 638 g/mol. The Morgan fingerprint density at radius 1 is 0.320 bits per heavy atom. The minimum atomic E-state index is 0.807. The summed E-state index contributed by atoms with van der Waals surface area (Å²) in [4.78, 5) is 28.0. The molecular formula is C44H26N6. The van der Waals surface area contributed by atoms with Gasteiger partial charge in [0, 0.05) is 45.1 Å². The lowest BCUT2D eigenvalue weighted by Crippen LogP contribution is -1.90. The second-order valence-electron chi connectivity index (χ2n) is 12.5. The van der Waals surface area contributed by atoms with Gasteiger partial charge in [-0.1, -0.05) is 78.9 Å². The minimum Gasteiger partial charge on any atom is -0.254 e. The molecule has 0 amide bonds. The van der Waals surface area contributed by atoms with Crippen LogP contribution in [0.15, 0.2) is 158 Å². The van der Waals surface area contributed by atoms with Gasteiger partial charge in [0.2, 0.25) is 0 Å². The third kappa shape index (κ3) is 4.90. The van der Waals surface area contributed by atoms with Gasteiger partial charge in [0.05, 0.1) is 44.8 Å². The summed E-state index contributed by atoms with van der Waals surface area (Å²) in [6, 6.07) is 48.6. The second kappa shape index (κ2) is 11.4. The molecule has 0 N–H and O–H groups in total. The highest BCUT2D eigenvalue weighted by molar-refractivity contribution is 6.03. The molecule has 0 spiro atoms. The van der Waals surface area contributed by atoms with E-state index < -0.39 is 0 Å². The van der Waals surface area contributed by atoms with E-state index in [0.717, 1.165) is 99.4 Å². The Morgan fingerprint density at radius 3 is 1.74 bits per heavy atom. The molecule has 5 aromatic carbocycles. The molecule has 0 bridgehead atoms. The van der Waals surface area contributed by atoms with Crippen molar-refractivity contribution in [3.8, 4) is 45.0 Å². The summed E-state index contributed by atoms with van der Waals surface area (Å²) in [5.74, 6) is 0. The molecule has 232 valence electrons. The molecule has 5 heterocycles. The van der Waals surface area contributed by atoms with E-state index in [9.17, 15) is 0 Å². The van der Waals surface area contributed by atoms with Crippen molar-refractivity contribution < 1.29 is 0 Å². The molecular weight excluding hydrogens is 613 g/mol. The molecule has 6 heteroatoms. The molecule has 6 nitrogen and oxygen atoms in total. The lowest BCUT2D eigenvalue weighted by atomic mass is 9.99. The fourth-order valence-electron chi connectivity index (χ4n) is 6.80. The summed E-state index contributed by atoms with van der Waals surface area (Å²) in [5, 5.41) is 6.67. The Kier molecular flexibility index (Phi) is 6.39. The Hall–Kier alpha value is -6.92. The highest BCUT2D eigenvalue weighted by Crippen LogP contribution is 2.32. The molecule has 0 aliphatic heterocycles. The normalized spacial score (nSPS) is 11.6. The van der Waals surface area contributed by atoms with Crippen LogP contribution in [0.2, 0.25) is 0 Å². The van der Waals surface area contributed by atoms with Gasteiger partial charge in [-0.2, -0.15) is 0 Å². The Labute approximate surface area is 286 Å². The summed E-state index contributed by atoms with van der Waals surface area (Å²) in [7, 11) is 0. The number of nitrogens with zero attached hydrogens (tertiary/aromatic N) is 6. The van der Waals surface area contributed by atoms with Crippen LogP contribution >= 0.6 is 0 Å². The summed E-state index contributed by atoms with van der Waals surface area (Å²) in [6.45, 7) is 0. The third-order valence-corrected chi connectivity index (χ3v) is 9.42. The van der Waals surface area contributed by atoms with Crippen molar-refractivity contribution in [3.63, 3.8) is 0 Å². The molecule has 0 fully saturated rings. The summed E-state index contributed by atoms with van der Waals surface area (Å²) >= 11 is 0. The fraction of sp³-hybridized carbons (Fsp3) is 0. The van der Waals surface area contributed by atoms with Crippen molar-refractivity contribution in [2.45, 2.75) is 0 Å². The lowest BCUT2D eigenvalue weighted by Gasteiger charge is -2.09. The van der Waals surface area contributed by atoms with Crippen molar-refractivity contribution >= 4 is 54.4 Å². The van der Waals surface area contributed by atoms with Crippen LogP contribution in [0.5, 0.6) is 0 Å². The highest BCUT2D eigenvalue weighted by atomic mass is 14.8. The predicted molar refractivity (Wildman–Crippen MR) is 202 cm³/mol. The van der Waals surface area contributed by atoms with Crippen LogP contribution in [0.25, 0.3) is 99.4 Å². The van der Waals surface area contributed by atoms with E-state index in [2.05, 4.69) is 136 Å². The fourth-order valence-corrected chi connectivity index (χ4v) is 6.80. The number of fused-ring (bicyclic) bond motifs is 6. The van der Waals surface area contributed by atoms with Crippen LogP contribution in [-0.4, -0.2) is 29.9 Å². The van der Waals surface area contributed by atoms with Crippen molar-refractivity contribution in [1.29, 1.82) is 0 Å². The Bertz CT molecular complexity index is 2940. The first-order valence-corrected chi connectivity index (χ1v) is 16.5. The third-order valence-electron chi connectivity index (χ3n) is 9.42. The van der Waals surface area contributed by atoms with E-state index in [0.29, 0.717) is 0 Å². The quantitative estimate of drug-likeness (QED) is 0.179. The largest absolute Gasteiger partial charge is 0.254 e. The summed E-state index contributed by atoms with van der Waals surface area (Å²) in [6.07, 6.45) is 5.11. The maximum atomic E-state index is 5.06. The van der Waals surface area contributed by atoms with Crippen molar-refractivity contribution in [1.82, 2.24) is 29.9 Å². The molecule has 10 aromatic rings. The van der Waals surface area contributed by atoms with E-state index in [-0.39, 0.29) is 0 Å². The van der Waals surface area contributed by atoms with Crippen LogP contribution in [-0.2, 0) is 0 Å². The van der Waals surface area contributed by atoms with Crippen LogP contribution in [0.3, 0.4) is 0 Å². The summed E-state index contributed by atoms with van der Waals surface area (Å²) in [5.41, 5.74) is 11.6. The molecule has 50 heavy (non-hydrogen) atoms. The molecule has 0 atom stereocenters. The molecule has 0 saturated carbocycles. The minimum absolute atomic E-state index is 0.807. The van der Waals surface area contributed by atoms with Gasteiger partial charge in [-0.05, 0) is 82.6 Å². The lowest BCUT2D eigenvalue weighted by molar-refractivity contribution is 1.16. The van der Waals surface area contributed by atoms with E-state index in [1.165, 1.54) is 0 Å². The van der Waals surface area contributed by atoms with Crippen LogP contribution in [0.1, 0.15) is 0 Å². The maximum absolute atomic E-state index is 5.06. The summed E-state index contributed by atoms with van der Waals surface area (Å²) < 4.78 is 0. The first-order valence-electron chi connectivity index (χ1n) is 16.5. The topological polar surface area (TPSA) is 77.3 Å².